The van der Waals surface area contributed by atoms with Gasteiger partial charge in [0.2, 0.25) is 5.91 Å². The molecule has 5 N–H and O–H groups in total. The molecule has 2 unspecified atom stereocenters. The van der Waals surface area contributed by atoms with Crippen LogP contribution in [0.4, 0.5) is 0 Å². The first-order valence-electron chi connectivity index (χ1n) is 11.6. The fourth-order valence-electron chi connectivity index (χ4n) is 4.37. The monoisotopic (exact) mass is 503 g/mol. The van der Waals surface area contributed by atoms with Crippen molar-refractivity contribution < 1.29 is 27.7 Å². The van der Waals surface area contributed by atoms with Crippen molar-refractivity contribution >= 4 is 21.9 Å². The smallest absolute Gasteiger partial charge is 0.306 e. The van der Waals surface area contributed by atoms with Crippen LogP contribution in [0.15, 0.2) is 54.6 Å². The number of fused-ring (bicyclic) bond motifs is 1. The van der Waals surface area contributed by atoms with E-state index in [0.717, 1.165) is 11.1 Å². The maximum atomic E-state index is 13.6. The van der Waals surface area contributed by atoms with E-state index < -0.39 is 38.9 Å². The zero-order valence-corrected chi connectivity index (χ0v) is 20.7. The van der Waals surface area contributed by atoms with E-state index in [1.165, 1.54) is 4.90 Å². The lowest BCUT2D eigenvalue weighted by Gasteiger charge is -2.38. The van der Waals surface area contributed by atoms with Crippen molar-refractivity contribution in [3.05, 3.63) is 71.3 Å². The number of nitrogens with zero attached hydrogens (tertiary/aromatic N) is 1. The minimum atomic E-state index is -5.40. The summed E-state index contributed by atoms with van der Waals surface area (Å²) in [5, 5.41) is 13.9. The van der Waals surface area contributed by atoms with E-state index in [0.29, 0.717) is 18.4 Å². The normalized spacial score (nSPS) is 17.3. The Balaban J connectivity index is 1.99. The molecular formula is C25H33N3O6S. The molecule has 0 radical (unpaired) electrons. The molecule has 35 heavy (non-hydrogen) atoms. The second-order valence-corrected chi connectivity index (χ2v) is 11.0. The van der Waals surface area contributed by atoms with Gasteiger partial charge in [-0.3, -0.25) is 14.1 Å². The number of hydrogen-bond acceptors (Lipinski definition) is 6. The number of aliphatic hydroxyl groups is 1. The second-order valence-electron chi connectivity index (χ2n) is 9.40. The third kappa shape index (κ3) is 6.07. The van der Waals surface area contributed by atoms with E-state index in [1.807, 2.05) is 32.0 Å². The summed E-state index contributed by atoms with van der Waals surface area (Å²) in [7, 11) is -5.40. The Morgan fingerprint density at radius 3 is 2.29 bits per heavy atom. The van der Waals surface area contributed by atoms with Crippen LogP contribution in [0.25, 0.3) is 0 Å². The predicted octanol–water partition coefficient (Wildman–Crippen LogP) is 1.25. The molecule has 0 aromatic heterocycles. The molecule has 2 aromatic rings. The predicted molar refractivity (Wildman–Crippen MR) is 132 cm³/mol. The van der Waals surface area contributed by atoms with Gasteiger partial charge in [-0.25, -0.2) is 0 Å². The minimum absolute atomic E-state index is 0.0612. The molecule has 9 nitrogen and oxygen atoms in total. The first-order valence-corrected chi connectivity index (χ1v) is 13.0. The van der Waals surface area contributed by atoms with E-state index in [9.17, 15) is 27.7 Å². The summed E-state index contributed by atoms with van der Waals surface area (Å²) in [5.41, 5.74) is 8.36. The maximum Gasteiger partial charge on any atom is 0.306 e. The van der Waals surface area contributed by atoms with Crippen molar-refractivity contribution in [2.75, 3.05) is 6.54 Å². The molecule has 3 atom stereocenters. The molecule has 190 valence electrons. The lowest BCUT2D eigenvalue weighted by atomic mass is 9.96. The summed E-state index contributed by atoms with van der Waals surface area (Å²) in [6, 6.07) is 13.2. The van der Waals surface area contributed by atoms with Gasteiger partial charge in [0, 0.05) is 13.1 Å². The van der Waals surface area contributed by atoms with Gasteiger partial charge in [0.15, 0.2) is 0 Å². The van der Waals surface area contributed by atoms with Gasteiger partial charge >= 0.3 is 10.1 Å². The van der Waals surface area contributed by atoms with Crippen LogP contribution in [0.3, 0.4) is 0 Å². The van der Waals surface area contributed by atoms with Crippen LogP contribution < -0.4 is 11.1 Å². The van der Waals surface area contributed by atoms with Gasteiger partial charge in [-0.1, -0.05) is 68.4 Å². The number of hydrogen-bond donors (Lipinski definition) is 4. The molecule has 1 heterocycles. The highest BCUT2D eigenvalue weighted by molar-refractivity contribution is 7.88. The zero-order chi connectivity index (χ0) is 25.8. The molecule has 1 aliphatic rings. The van der Waals surface area contributed by atoms with Crippen molar-refractivity contribution in [3.8, 4) is 0 Å². The summed E-state index contributed by atoms with van der Waals surface area (Å²) in [6.07, 6.45) is 0.539. The Bertz CT molecular complexity index is 1150. The van der Waals surface area contributed by atoms with Crippen LogP contribution in [0.2, 0.25) is 0 Å². The van der Waals surface area contributed by atoms with E-state index >= 15 is 0 Å². The first-order chi connectivity index (χ1) is 16.4. The van der Waals surface area contributed by atoms with Crippen molar-refractivity contribution in [1.82, 2.24) is 10.2 Å². The summed E-state index contributed by atoms with van der Waals surface area (Å²) in [6.45, 7) is 3.96. The molecule has 2 aromatic carbocycles. The Kier molecular flexibility index (Phi) is 8.32. The van der Waals surface area contributed by atoms with Crippen molar-refractivity contribution in [2.45, 2.75) is 56.7 Å². The van der Waals surface area contributed by atoms with Crippen LogP contribution >= 0.6 is 0 Å². The number of benzene rings is 2. The van der Waals surface area contributed by atoms with Crippen molar-refractivity contribution in [1.29, 1.82) is 0 Å². The van der Waals surface area contributed by atoms with Crippen LogP contribution in [-0.4, -0.2) is 58.4 Å². The Labute approximate surface area is 206 Å². The van der Waals surface area contributed by atoms with Gasteiger partial charge in [-0.2, -0.15) is 8.42 Å². The van der Waals surface area contributed by atoms with E-state index in [4.69, 9.17) is 5.73 Å². The van der Waals surface area contributed by atoms with E-state index in [-0.39, 0.29) is 25.4 Å². The third-order valence-corrected chi connectivity index (χ3v) is 7.50. The molecule has 0 spiro atoms. The average Bonchev–Trinajstić information content (AvgIpc) is 2.81. The SMILES string of the molecule is CC(C)C[C@H](N)C(=O)NC(Cc1ccccc1)C(O)(C(=O)N1CCc2ccccc2C1)S(=O)(=O)O. The number of carbonyl (C=O) groups is 2. The topological polar surface area (TPSA) is 150 Å². The van der Waals surface area contributed by atoms with Gasteiger partial charge in [0.05, 0.1) is 12.1 Å². The number of nitrogens with one attached hydrogen (secondary N) is 1. The molecule has 0 saturated carbocycles. The van der Waals surface area contributed by atoms with Gasteiger partial charge in [0.1, 0.15) is 0 Å². The quantitative estimate of drug-likeness (QED) is 0.376. The Hall–Kier alpha value is -2.79. The van der Waals surface area contributed by atoms with Gasteiger partial charge in [-0.15, -0.1) is 0 Å². The molecular weight excluding hydrogens is 470 g/mol. The highest BCUT2D eigenvalue weighted by Crippen LogP contribution is 2.28. The fourth-order valence-corrected chi connectivity index (χ4v) is 5.22. The molecule has 0 fully saturated rings. The van der Waals surface area contributed by atoms with E-state index in [2.05, 4.69) is 5.32 Å². The lowest BCUT2D eigenvalue weighted by molar-refractivity contribution is -0.147. The highest BCUT2D eigenvalue weighted by Gasteiger charge is 2.57. The average molecular weight is 504 g/mol. The third-order valence-electron chi connectivity index (χ3n) is 6.25. The standard InChI is InChI=1S/C25H33N3O6S/c1-17(2)14-21(26)23(29)27-22(15-18-8-4-3-5-9-18)25(31,35(32,33)34)24(30)28-13-12-19-10-6-7-11-20(19)16-28/h3-11,17,21-22,31H,12-16,26H2,1-2H3,(H,27,29)(H,32,33,34)/t21-,22?,25?/m0/s1. The van der Waals surface area contributed by atoms with Gasteiger partial charge in [-0.05, 0) is 41.9 Å². The summed E-state index contributed by atoms with van der Waals surface area (Å²) < 4.78 is 35.4. The molecule has 10 heteroatoms. The number of rotatable bonds is 9. The molecule has 0 aliphatic carbocycles. The molecule has 0 saturated heterocycles. The number of carbonyl (C=O) groups excluding carboxylic acids is 2. The minimum Gasteiger partial charge on any atom is -0.364 e. The van der Waals surface area contributed by atoms with Crippen LogP contribution in [0.1, 0.15) is 37.0 Å². The molecule has 1 aliphatic heterocycles. The fraction of sp³-hybridized carbons (Fsp3) is 0.440. The second kappa shape index (κ2) is 10.9. The number of amides is 2. The lowest BCUT2D eigenvalue weighted by Crippen LogP contribution is -2.67. The Morgan fingerprint density at radius 2 is 1.69 bits per heavy atom. The van der Waals surface area contributed by atoms with Crippen molar-refractivity contribution in [2.24, 2.45) is 11.7 Å². The van der Waals surface area contributed by atoms with Crippen LogP contribution in [0, 0.1) is 5.92 Å². The molecule has 3 rings (SSSR count). The summed E-state index contributed by atoms with van der Waals surface area (Å²) >= 11 is 0. The summed E-state index contributed by atoms with van der Waals surface area (Å²) in [4.78, 5) is 24.3. The maximum absolute atomic E-state index is 13.6. The van der Waals surface area contributed by atoms with Gasteiger partial charge < -0.3 is 21.1 Å². The van der Waals surface area contributed by atoms with Crippen molar-refractivity contribution in [3.63, 3.8) is 0 Å². The molecule has 0 bridgehead atoms. The van der Waals surface area contributed by atoms with Gasteiger partial charge in [0.25, 0.3) is 10.8 Å². The zero-order valence-electron chi connectivity index (χ0n) is 19.9. The van der Waals surface area contributed by atoms with E-state index in [1.54, 1.807) is 36.4 Å². The van der Waals surface area contributed by atoms with Crippen LogP contribution in [-0.2, 0) is 39.1 Å². The number of nitrogens with two attached hydrogens (primary N) is 1. The largest absolute Gasteiger partial charge is 0.364 e. The highest BCUT2D eigenvalue weighted by atomic mass is 32.2. The van der Waals surface area contributed by atoms with Crippen LogP contribution in [0.5, 0.6) is 0 Å². The molecule has 2 amide bonds. The first kappa shape index (κ1) is 26.8. The Morgan fingerprint density at radius 1 is 1.09 bits per heavy atom. The summed E-state index contributed by atoms with van der Waals surface area (Å²) in [5.74, 6) is -1.84.